The number of benzene rings is 1. The first-order valence-electron chi connectivity index (χ1n) is 9.72. The molecule has 1 aromatic carbocycles. The molecule has 0 aromatic heterocycles. The SMILES string of the molecule is CN(/C=C(/C#N)C(=O)N1CCN(c2ccc(F)cc2)CC1)C1CCCCC1. The predicted molar refractivity (Wildman–Crippen MR) is 104 cm³/mol. The van der Waals surface area contributed by atoms with E-state index in [0.29, 0.717) is 32.2 Å². The summed E-state index contributed by atoms with van der Waals surface area (Å²) in [5.41, 5.74) is 1.16. The molecule has 27 heavy (non-hydrogen) atoms. The van der Waals surface area contributed by atoms with Crippen molar-refractivity contribution >= 4 is 11.6 Å². The largest absolute Gasteiger partial charge is 0.376 e. The normalized spacial score (nSPS) is 18.9. The second-order valence-corrected chi connectivity index (χ2v) is 7.37. The lowest BCUT2D eigenvalue weighted by Gasteiger charge is -2.36. The molecule has 1 saturated carbocycles. The highest BCUT2D eigenvalue weighted by Crippen LogP contribution is 2.23. The van der Waals surface area contributed by atoms with E-state index in [2.05, 4.69) is 11.0 Å². The minimum atomic E-state index is -0.251. The molecule has 144 valence electrons. The van der Waals surface area contributed by atoms with Crippen molar-refractivity contribution in [1.29, 1.82) is 5.26 Å². The van der Waals surface area contributed by atoms with E-state index in [1.807, 2.05) is 11.9 Å². The number of piperazine rings is 1. The van der Waals surface area contributed by atoms with E-state index in [-0.39, 0.29) is 17.3 Å². The standard InChI is InChI=1S/C21H27FN4O/c1-24(19-5-3-2-4-6-19)16-17(15-23)21(27)26-13-11-25(12-14-26)20-9-7-18(22)8-10-20/h7-10,16,19H,2-6,11-14H2,1H3/b17-16-. The molecule has 0 bridgehead atoms. The molecule has 1 aliphatic heterocycles. The van der Waals surface area contributed by atoms with Crippen LogP contribution >= 0.6 is 0 Å². The molecule has 0 atom stereocenters. The molecular weight excluding hydrogens is 343 g/mol. The molecule has 1 aliphatic carbocycles. The van der Waals surface area contributed by atoms with Crippen molar-refractivity contribution in [3.8, 4) is 6.07 Å². The van der Waals surface area contributed by atoms with Gasteiger partial charge in [-0.05, 0) is 37.1 Å². The van der Waals surface area contributed by atoms with E-state index in [0.717, 1.165) is 18.5 Å². The third-order valence-corrected chi connectivity index (χ3v) is 5.59. The number of carbonyl (C=O) groups is 1. The molecule has 3 rings (SSSR count). The van der Waals surface area contributed by atoms with Crippen LogP contribution in [0.25, 0.3) is 0 Å². The lowest BCUT2D eigenvalue weighted by molar-refractivity contribution is -0.127. The fourth-order valence-corrected chi connectivity index (χ4v) is 3.92. The van der Waals surface area contributed by atoms with Crippen LogP contribution in [0.1, 0.15) is 32.1 Å². The van der Waals surface area contributed by atoms with Crippen LogP contribution in [0, 0.1) is 17.1 Å². The van der Waals surface area contributed by atoms with Gasteiger partial charge in [-0.1, -0.05) is 19.3 Å². The lowest BCUT2D eigenvalue weighted by atomic mass is 9.94. The van der Waals surface area contributed by atoms with Crippen LogP contribution in [-0.2, 0) is 4.79 Å². The monoisotopic (exact) mass is 370 g/mol. The number of nitriles is 1. The molecule has 1 heterocycles. The molecule has 1 saturated heterocycles. The summed E-state index contributed by atoms with van der Waals surface area (Å²) >= 11 is 0. The van der Waals surface area contributed by atoms with E-state index in [1.165, 1.54) is 31.4 Å². The van der Waals surface area contributed by atoms with Crippen LogP contribution in [0.3, 0.4) is 0 Å². The smallest absolute Gasteiger partial charge is 0.266 e. The molecule has 0 N–H and O–H groups in total. The van der Waals surface area contributed by atoms with E-state index < -0.39 is 0 Å². The maximum Gasteiger partial charge on any atom is 0.266 e. The van der Waals surface area contributed by atoms with Gasteiger partial charge in [0.1, 0.15) is 17.5 Å². The van der Waals surface area contributed by atoms with Crippen LogP contribution < -0.4 is 4.90 Å². The van der Waals surface area contributed by atoms with Gasteiger partial charge in [0.2, 0.25) is 0 Å². The summed E-state index contributed by atoms with van der Waals surface area (Å²) in [5.74, 6) is -0.447. The molecular formula is C21H27FN4O. The second-order valence-electron chi connectivity index (χ2n) is 7.37. The van der Waals surface area contributed by atoms with E-state index >= 15 is 0 Å². The van der Waals surface area contributed by atoms with Gasteiger partial charge in [-0.25, -0.2) is 4.39 Å². The van der Waals surface area contributed by atoms with Crippen molar-refractivity contribution in [2.75, 3.05) is 38.1 Å². The number of halogens is 1. The van der Waals surface area contributed by atoms with E-state index in [1.54, 1.807) is 23.2 Å². The molecule has 0 spiro atoms. The second kappa shape index (κ2) is 8.90. The molecule has 0 unspecified atom stereocenters. The van der Waals surface area contributed by atoms with E-state index in [4.69, 9.17) is 0 Å². The quantitative estimate of drug-likeness (QED) is 0.604. The highest BCUT2D eigenvalue weighted by molar-refractivity contribution is 5.97. The highest BCUT2D eigenvalue weighted by Gasteiger charge is 2.25. The Labute approximate surface area is 160 Å². The molecule has 5 nitrogen and oxygen atoms in total. The number of rotatable bonds is 4. The summed E-state index contributed by atoms with van der Waals surface area (Å²) in [6, 6.07) is 8.92. The summed E-state index contributed by atoms with van der Waals surface area (Å²) in [4.78, 5) is 18.7. The Kier molecular flexibility index (Phi) is 6.33. The lowest BCUT2D eigenvalue weighted by Crippen LogP contribution is -2.49. The van der Waals surface area contributed by atoms with Crippen LogP contribution in [0.4, 0.5) is 10.1 Å². The minimum Gasteiger partial charge on any atom is -0.376 e. The number of anilines is 1. The third kappa shape index (κ3) is 4.79. The molecule has 6 heteroatoms. The topological polar surface area (TPSA) is 50.6 Å². The summed E-state index contributed by atoms with van der Waals surface area (Å²) in [7, 11) is 1.97. The average molecular weight is 370 g/mol. The molecule has 1 amide bonds. The van der Waals surface area contributed by atoms with Crippen molar-refractivity contribution in [3.63, 3.8) is 0 Å². The van der Waals surface area contributed by atoms with Gasteiger partial charge in [-0.15, -0.1) is 0 Å². The molecule has 0 radical (unpaired) electrons. The van der Waals surface area contributed by atoms with Crippen LogP contribution in [0.5, 0.6) is 0 Å². The fourth-order valence-electron chi connectivity index (χ4n) is 3.92. The van der Waals surface area contributed by atoms with Gasteiger partial charge in [-0.2, -0.15) is 5.26 Å². The van der Waals surface area contributed by atoms with E-state index in [9.17, 15) is 14.4 Å². The number of hydrogen-bond donors (Lipinski definition) is 0. The Bertz CT molecular complexity index is 711. The predicted octanol–water partition coefficient (Wildman–Crippen LogP) is 3.15. The van der Waals surface area contributed by atoms with Crippen molar-refractivity contribution in [3.05, 3.63) is 41.9 Å². The summed E-state index contributed by atoms with van der Waals surface area (Å²) in [6.45, 7) is 2.47. The Hall–Kier alpha value is -2.55. The summed E-state index contributed by atoms with van der Waals surface area (Å²) < 4.78 is 13.1. The molecule has 2 fully saturated rings. The van der Waals surface area contributed by atoms with Crippen molar-refractivity contribution in [2.24, 2.45) is 0 Å². The Morgan fingerprint density at radius 1 is 1.15 bits per heavy atom. The first-order chi connectivity index (χ1) is 13.1. The van der Waals surface area contributed by atoms with Gasteiger partial charge < -0.3 is 14.7 Å². The number of amides is 1. The zero-order chi connectivity index (χ0) is 19.2. The van der Waals surface area contributed by atoms with Crippen molar-refractivity contribution < 1.29 is 9.18 Å². The minimum absolute atomic E-state index is 0.195. The summed E-state index contributed by atoms with van der Waals surface area (Å²) in [5, 5.41) is 9.49. The Morgan fingerprint density at radius 2 is 1.78 bits per heavy atom. The number of nitrogens with zero attached hydrogens (tertiary/aromatic N) is 4. The zero-order valence-electron chi connectivity index (χ0n) is 15.9. The van der Waals surface area contributed by atoms with Crippen molar-refractivity contribution in [2.45, 2.75) is 38.1 Å². The summed E-state index contributed by atoms with van der Waals surface area (Å²) in [6.07, 6.45) is 7.67. The number of carbonyl (C=O) groups excluding carboxylic acids is 1. The van der Waals surface area contributed by atoms with Gasteiger partial charge in [0.15, 0.2) is 0 Å². The Balaban J connectivity index is 1.59. The van der Waals surface area contributed by atoms with Crippen molar-refractivity contribution in [1.82, 2.24) is 9.80 Å². The maximum atomic E-state index is 13.1. The van der Waals surface area contributed by atoms with Gasteiger partial charge >= 0.3 is 0 Å². The van der Waals surface area contributed by atoms with Gasteiger partial charge in [-0.3, -0.25) is 4.79 Å². The first-order valence-corrected chi connectivity index (χ1v) is 9.72. The van der Waals surface area contributed by atoms with Gasteiger partial charge in [0.05, 0.1) is 0 Å². The van der Waals surface area contributed by atoms with Gasteiger partial charge in [0, 0.05) is 51.2 Å². The Morgan fingerprint density at radius 3 is 2.37 bits per heavy atom. The fraction of sp³-hybridized carbons (Fsp3) is 0.524. The molecule has 2 aliphatic rings. The van der Waals surface area contributed by atoms with Crippen LogP contribution in [0.2, 0.25) is 0 Å². The highest BCUT2D eigenvalue weighted by atomic mass is 19.1. The first kappa shape index (κ1) is 19.2. The third-order valence-electron chi connectivity index (χ3n) is 5.59. The maximum absolute atomic E-state index is 13.1. The average Bonchev–Trinajstić information content (AvgIpc) is 2.72. The van der Waals surface area contributed by atoms with Crippen LogP contribution in [-0.4, -0.2) is 55.0 Å². The van der Waals surface area contributed by atoms with Crippen LogP contribution in [0.15, 0.2) is 36.0 Å². The zero-order valence-corrected chi connectivity index (χ0v) is 15.9. The number of hydrogen-bond acceptors (Lipinski definition) is 4. The van der Waals surface area contributed by atoms with Gasteiger partial charge in [0.25, 0.3) is 5.91 Å². The molecule has 1 aromatic rings.